The maximum atomic E-state index is 11.5. The van der Waals surface area contributed by atoms with Gasteiger partial charge in [-0.05, 0) is 86.4 Å². The van der Waals surface area contributed by atoms with Crippen molar-refractivity contribution in [2.75, 3.05) is 19.0 Å². The Kier molecular flexibility index (Phi) is 6.39. The third kappa shape index (κ3) is 5.09. The van der Waals surface area contributed by atoms with Crippen LogP contribution in [-0.4, -0.2) is 35.6 Å². The van der Waals surface area contributed by atoms with Crippen LogP contribution in [0.1, 0.15) is 43.4 Å². The number of fused-ring (bicyclic) bond motifs is 2. The monoisotopic (exact) mass is 446 g/mol. The molecule has 0 saturated heterocycles. The summed E-state index contributed by atoms with van der Waals surface area (Å²) < 4.78 is 10.8. The molecular weight excluding hydrogens is 416 g/mol. The SMILES string of the molecule is COc1ccc2nccc(CCC3CCC(NCc4ccc5c(n4)NC(=O)CO5)CC3)c2c1. The van der Waals surface area contributed by atoms with Gasteiger partial charge in [-0.3, -0.25) is 9.78 Å². The fourth-order valence-electron chi connectivity index (χ4n) is 4.89. The molecule has 2 aromatic heterocycles. The molecule has 172 valence electrons. The van der Waals surface area contributed by atoms with Crippen molar-refractivity contribution >= 4 is 22.6 Å². The zero-order valence-corrected chi connectivity index (χ0v) is 19.0. The number of amides is 1. The van der Waals surface area contributed by atoms with Crippen molar-refractivity contribution in [2.24, 2.45) is 5.92 Å². The fraction of sp³-hybridized carbons (Fsp3) is 0.423. The number of anilines is 1. The number of rotatable bonds is 7. The molecule has 1 aliphatic heterocycles. The molecule has 33 heavy (non-hydrogen) atoms. The number of aromatic nitrogens is 2. The first-order valence-electron chi connectivity index (χ1n) is 11.8. The van der Waals surface area contributed by atoms with Crippen LogP contribution in [0.15, 0.2) is 42.6 Å². The minimum absolute atomic E-state index is 0.0566. The highest BCUT2D eigenvalue weighted by molar-refractivity contribution is 5.94. The molecule has 0 radical (unpaired) electrons. The molecule has 3 heterocycles. The van der Waals surface area contributed by atoms with Crippen LogP contribution in [0.3, 0.4) is 0 Å². The highest BCUT2D eigenvalue weighted by Crippen LogP contribution is 2.31. The van der Waals surface area contributed by atoms with Gasteiger partial charge in [0, 0.05) is 24.2 Å². The second-order valence-corrected chi connectivity index (χ2v) is 8.98. The summed E-state index contributed by atoms with van der Waals surface area (Å²) >= 11 is 0. The van der Waals surface area contributed by atoms with Gasteiger partial charge in [0.1, 0.15) is 5.75 Å². The van der Waals surface area contributed by atoms with Crippen LogP contribution in [0.5, 0.6) is 11.5 Å². The summed E-state index contributed by atoms with van der Waals surface area (Å²) in [6, 6.07) is 12.6. The molecule has 7 nitrogen and oxygen atoms in total. The number of carbonyl (C=O) groups is 1. The normalized spacial score (nSPS) is 20.1. The summed E-state index contributed by atoms with van der Waals surface area (Å²) in [5, 5.41) is 7.62. The second-order valence-electron chi connectivity index (χ2n) is 8.98. The van der Waals surface area contributed by atoms with Gasteiger partial charge in [0.15, 0.2) is 18.2 Å². The van der Waals surface area contributed by atoms with E-state index >= 15 is 0 Å². The minimum Gasteiger partial charge on any atom is -0.497 e. The largest absolute Gasteiger partial charge is 0.497 e. The highest BCUT2D eigenvalue weighted by Gasteiger charge is 2.22. The van der Waals surface area contributed by atoms with E-state index in [9.17, 15) is 4.79 Å². The molecular formula is C26H30N4O3. The number of nitrogens with one attached hydrogen (secondary N) is 2. The quantitative estimate of drug-likeness (QED) is 0.564. The van der Waals surface area contributed by atoms with Crippen LogP contribution in [0.4, 0.5) is 5.82 Å². The lowest BCUT2D eigenvalue weighted by molar-refractivity contribution is -0.118. The van der Waals surface area contributed by atoms with Gasteiger partial charge in [0.25, 0.3) is 5.91 Å². The second kappa shape index (κ2) is 9.75. The molecule has 1 aliphatic carbocycles. The third-order valence-corrected chi connectivity index (χ3v) is 6.81. The topological polar surface area (TPSA) is 85.4 Å². The molecule has 1 fully saturated rings. The molecule has 1 saturated carbocycles. The Balaban J connectivity index is 1.11. The van der Waals surface area contributed by atoms with Gasteiger partial charge in [0.05, 0.1) is 18.3 Å². The number of carbonyl (C=O) groups excluding carboxylic acids is 1. The summed E-state index contributed by atoms with van der Waals surface area (Å²) in [5.74, 6) is 2.64. The Morgan fingerprint density at radius 3 is 2.88 bits per heavy atom. The van der Waals surface area contributed by atoms with Crippen LogP contribution < -0.4 is 20.1 Å². The van der Waals surface area contributed by atoms with Crippen molar-refractivity contribution in [3.05, 3.63) is 53.9 Å². The highest BCUT2D eigenvalue weighted by atomic mass is 16.5. The zero-order chi connectivity index (χ0) is 22.6. The predicted octanol–water partition coefficient (Wildman–Crippen LogP) is 4.25. The molecule has 2 aliphatic rings. The van der Waals surface area contributed by atoms with Gasteiger partial charge in [-0.1, -0.05) is 0 Å². The van der Waals surface area contributed by atoms with Gasteiger partial charge < -0.3 is 20.1 Å². The number of methoxy groups -OCH3 is 1. The molecule has 3 aromatic rings. The lowest BCUT2D eigenvalue weighted by Crippen LogP contribution is -2.33. The van der Waals surface area contributed by atoms with Crippen LogP contribution in [0, 0.1) is 5.92 Å². The zero-order valence-electron chi connectivity index (χ0n) is 19.0. The van der Waals surface area contributed by atoms with E-state index in [1.807, 2.05) is 30.5 Å². The minimum atomic E-state index is -0.155. The lowest BCUT2D eigenvalue weighted by Gasteiger charge is -2.29. The number of pyridine rings is 2. The Labute approximate surface area is 193 Å². The number of nitrogens with zero attached hydrogens (tertiary/aromatic N) is 2. The standard InChI is InChI=1S/C26H30N4O3/c1-32-21-9-10-23-22(14-21)18(12-13-27-23)5-2-17-3-6-19(7-4-17)28-15-20-8-11-24-26(29-20)30-25(31)16-33-24/h8-14,17,19,28H,2-7,15-16H2,1H3,(H,29,30,31). The molecule has 0 spiro atoms. The average molecular weight is 447 g/mol. The third-order valence-electron chi connectivity index (χ3n) is 6.81. The van der Waals surface area contributed by atoms with Crippen molar-refractivity contribution in [3.63, 3.8) is 0 Å². The van der Waals surface area contributed by atoms with Crippen molar-refractivity contribution < 1.29 is 14.3 Å². The van der Waals surface area contributed by atoms with Crippen molar-refractivity contribution in [3.8, 4) is 11.5 Å². The molecule has 7 heteroatoms. The molecule has 0 unspecified atom stereocenters. The fourth-order valence-corrected chi connectivity index (χ4v) is 4.89. The van der Waals surface area contributed by atoms with E-state index in [1.54, 1.807) is 7.11 Å². The number of benzene rings is 1. The Morgan fingerprint density at radius 1 is 1.15 bits per heavy atom. The van der Waals surface area contributed by atoms with Gasteiger partial charge >= 0.3 is 0 Å². The molecule has 1 aromatic carbocycles. The van der Waals surface area contributed by atoms with E-state index in [0.717, 1.165) is 29.3 Å². The number of ether oxygens (including phenoxy) is 2. The summed E-state index contributed by atoms with van der Waals surface area (Å²) in [6.45, 7) is 0.754. The van der Waals surface area contributed by atoms with Gasteiger partial charge in [-0.2, -0.15) is 0 Å². The number of hydrogen-bond acceptors (Lipinski definition) is 6. The van der Waals surface area contributed by atoms with Crippen molar-refractivity contribution in [1.82, 2.24) is 15.3 Å². The first-order valence-corrected chi connectivity index (χ1v) is 11.8. The molecule has 1 amide bonds. The molecule has 0 bridgehead atoms. The van der Waals surface area contributed by atoms with E-state index in [4.69, 9.17) is 9.47 Å². The maximum Gasteiger partial charge on any atom is 0.263 e. The summed E-state index contributed by atoms with van der Waals surface area (Å²) in [7, 11) is 1.71. The Bertz CT molecular complexity index is 1140. The lowest BCUT2D eigenvalue weighted by atomic mass is 9.82. The molecule has 0 atom stereocenters. The molecule has 5 rings (SSSR count). The van der Waals surface area contributed by atoms with Crippen LogP contribution >= 0.6 is 0 Å². The van der Waals surface area contributed by atoms with E-state index < -0.39 is 0 Å². The number of aryl methyl sites for hydroxylation is 1. The van der Waals surface area contributed by atoms with E-state index in [-0.39, 0.29) is 12.5 Å². The average Bonchev–Trinajstić information content (AvgIpc) is 2.86. The van der Waals surface area contributed by atoms with Crippen LogP contribution in [-0.2, 0) is 17.8 Å². The van der Waals surface area contributed by atoms with E-state index in [2.05, 4.69) is 32.7 Å². The van der Waals surface area contributed by atoms with E-state index in [1.165, 1.54) is 43.1 Å². The first-order chi connectivity index (χ1) is 16.2. The van der Waals surface area contributed by atoms with Crippen LogP contribution in [0.25, 0.3) is 10.9 Å². The number of hydrogen-bond donors (Lipinski definition) is 2. The molecule has 2 N–H and O–H groups in total. The maximum absolute atomic E-state index is 11.5. The Hall–Kier alpha value is -3.19. The van der Waals surface area contributed by atoms with Gasteiger partial charge in [-0.15, -0.1) is 0 Å². The summed E-state index contributed by atoms with van der Waals surface area (Å²) in [4.78, 5) is 20.5. The Morgan fingerprint density at radius 2 is 2.03 bits per heavy atom. The van der Waals surface area contributed by atoms with Crippen molar-refractivity contribution in [1.29, 1.82) is 0 Å². The summed E-state index contributed by atoms with van der Waals surface area (Å²) in [6.07, 6.45) is 9.03. The van der Waals surface area contributed by atoms with Crippen LogP contribution in [0.2, 0.25) is 0 Å². The smallest absolute Gasteiger partial charge is 0.263 e. The first kappa shape index (κ1) is 21.6. The summed E-state index contributed by atoms with van der Waals surface area (Å²) in [5.41, 5.74) is 3.30. The van der Waals surface area contributed by atoms with Gasteiger partial charge in [-0.25, -0.2) is 4.98 Å². The van der Waals surface area contributed by atoms with Gasteiger partial charge in [0.2, 0.25) is 0 Å². The van der Waals surface area contributed by atoms with E-state index in [0.29, 0.717) is 24.2 Å². The van der Waals surface area contributed by atoms with Crippen molar-refractivity contribution in [2.45, 2.75) is 51.1 Å². The predicted molar refractivity (Wildman–Crippen MR) is 128 cm³/mol.